The standard InChI is InChI=1S/C21H28N2O2/c1-5-14(3)16-10-7-8-13-20(16)25-19(6-2)21(24)23-18-12-9-11-17(22)15(18)4/h7-14,19H,5-6,22H2,1-4H3,(H,23,24)/t14-,19-/m0/s1. The van der Waals surface area contributed by atoms with E-state index in [-0.39, 0.29) is 5.91 Å². The molecule has 1 amide bonds. The Morgan fingerprint density at radius 2 is 1.84 bits per heavy atom. The maximum atomic E-state index is 12.7. The minimum Gasteiger partial charge on any atom is -0.480 e. The highest BCUT2D eigenvalue weighted by molar-refractivity contribution is 5.95. The van der Waals surface area contributed by atoms with Gasteiger partial charge in [0.15, 0.2) is 6.10 Å². The third-order valence-corrected chi connectivity index (χ3v) is 4.63. The molecule has 0 aliphatic heterocycles. The Morgan fingerprint density at radius 1 is 1.12 bits per heavy atom. The number of carbonyl (C=O) groups excluding carboxylic acids is 1. The maximum absolute atomic E-state index is 12.7. The van der Waals surface area contributed by atoms with E-state index in [2.05, 4.69) is 25.2 Å². The summed E-state index contributed by atoms with van der Waals surface area (Å²) in [6, 6.07) is 13.4. The second-order valence-electron chi connectivity index (χ2n) is 6.37. The van der Waals surface area contributed by atoms with Crippen LogP contribution in [0.4, 0.5) is 11.4 Å². The van der Waals surface area contributed by atoms with Gasteiger partial charge < -0.3 is 15.8 Å². The molecule has 0 saturated heterocycles. The number of ether oxygens (including phenoxy) is 1. The summed E-state index contributed by atoms with van der Waals surface area (Å²) in [5, 5.41) is 2.94. The van der Waals surface area contributed by atoms with Crippen molar-refractivity contribution in [1.29, 1.82) is 0 Å². The number of amides is 1. The Balaban J connectivity index is 2.17. The van der Waals surface area contributed by atoms with E-state index in [1.54, 1.807) is 0 Å². The van der Waals surface area contributed by atoms with Gasteiger partial charge in [0.1, 0.15) is 5.75 Å². The molecule has 134 valence electrons. The van der Waals surface area contributed by atoms with Crippen molar-refractivity contribution in [3.8, 4) is 5.75 Å². The van der Waals surface area contributed by atoms with Crippen LogP contribution in [0.15, 0.2) is 42.5 Å². The van der Waals surface area contributed by atoms with Crippen LogP contribution in [0.1, 0.15) is 50.7 Å². The highest BCUT2D eigenvalue weighted by atomic mass is 16.5. The summed E-state index contributed by atoms with van der Waals surface area (Å²) in [5.74, 6) is 1.01. The SMILES string of the molecule is CC[C@H](Oc1ccccc1[C@@H](C)CC)C(=O)Nc1cccc(N)c1C. The smallest absolute Gasteiger partial charge is 0.265 e. The predicted octanol–water partition coefficient (Wildman–Crippen LogP) is 4.89. The third-order valence-electron chi connectivity index (χ3n) is 4.63. The van der Waals surface area contributed by atoms with E-state index in [9.17, 15) is 4.79 Å². The van der Waals surface area contributed by atoms with Crippen LogP contribution >= 0.6 is 0 Å². The van der Waals surface area contributed by atoms with Gasteiger partial charge in [0.2, 0.25) is 0 Å². The van der Waals surface area contributed by atoms with E-state index in [1.165, 1.54) is 0 Å². The van der Waals surface area contributed by atoms with Crippen LogP contribution in [0.3, 0.4) is 0 Å². The third kappa shape index (κ3) is 4.53. The van der Waals surface area contributed by atoms with Crippen LogP contribution < -0.4 is 15.8 Å². The minimum atomic E-state index is -0.550. The molecule has 4 nitrogen and oxygen atoms in total. The first-order valence-corrected chi connectivity index (χ1v) is 8.89. The zero-order valence-corrected chi connectivity index (χ0v) is 15.5. The van der Waals surface area contributed by atoms with Gasteiger partial charge in [0.25, 0.3) is 5.91 Å². The summed E-state index contributed by atoms with van der Waals surface area (Å²) in [6.45, 7) is 8.15. The first-order chi connectivity index (χ1) is 12.0. The van der Waals surface area contributed by atoms with Crippen molar-refractivity contribution < 1.29 is 9.53 Å². The molecule has 0 bridgehead atoms. The molecule has 0 fully saturated rings. The van der Waals surface area contributed by atoms with Gasteiger partial charge in [-0.3, -0.25) is 4.79 Å². The average Bonchev–Trinajstić information content (AvgIpc) is 2.63. The second kappa shape index (κ2) is 8.56. The molecule has 0 spiro atoms. The van der Waals surface area contributed by atoms with Crippen LogP contribution in [0.5, 0.6) is 5.75 Å². The van der Waals surface area contributed by atoms with E-state index >= 15 is 0 Å². The Hall–Kier alpha value is -2.49. The number of hydrogen-bond acceptors (Lipinski definition) is 3. The zero-order chi connectivity index (χ0) is 18.4. The molecule has 25 heavy (non-hydrogen) atoms. The molecular weight excluding hydrogens is 312 g/mol. The predicted molar refractivity (Wildman–Crippen MR) is 104 cm³/mol. The van der Waals surface area contributed by atoms with Crippen molar-refractivity contribution in [2.45, 2.75) is 52.6 Å². The number of benzene rings is 2. The van der Waals surface area contributed by atoms with Gasteiger partial charge in [-0.15, -0.1) is 0 Å². The molecule has 2 aromatic rings. The van der Waals surface area contributed by atoms with Crippen molar-refractivity contribution in [3.63, 3.8) is 0 Å². The maximum Gasteiger partial charge on any atom is 0.265 e. The van der Waals surface area contributed by atoms with Crippen molar-refractivity contribution in [2.24, 2.45) is 0 Å². The molecule has 0 unspecified atom stereocenters. The van der Waals surface area contributed by atoms with E-state index in [1.807, 2.05) is 50.2 Å². The normalized spacial score (nSPS) is 13.1. The zero-order valence-electron chi connectivity index (χ0n) is 15.5. The van der Waals surface area contributed by atoms with Gasteiger partial charge in [0.05, 0.1) is 0 Å². The molecular formula is C21H28N2O2. The summed E-state index contributed by atoms with van der Waals surface area (Å²) in [5.41, 5.74) is 9.30. The highest BCUT2D eigenvalue weighted by Gasteiger charge is 2.21. The highest BCUT2D eigenvalue weighted by Crippen LogP contribution is 2.30. The molecule has 0 radical (unpaired) electrons. The molecule has 4 heteroatoms. The van der Waals surface area contributed by atoms with E-state index < -0.39 is 6.10 Å². The van der Waals surface area contributed by atoms with Crippen molar-refractivity contribution >= 4 is 17.3 Å². The molecule has 2 aromatic carbocycles. The number of rotatable bonds is 7. The molecule has 0 aliphatic rings. The Kier molecular flexibility index (Phi) is 6.45. The average molecular weight is 340 g/mol. The second-order valence-corrected chi connectivity index (χ2v) is 6.37. The van der Waals surface area contributed by atoms with Gasteiger partial charge in [-0.25, -0.2) is 0 Å². The summed E-state index contributed by atoms with van der Waals surface area (Å²) in [4.78, 5) is 12.7. The van der Waals surface area contributed by atoms with Crippen LogP contribution in [-0.2, 0) is 4.79 Å². The lowest BCUT2D eigenvalue weighted by Crippen LogP contribution is -2.33. The fraction of sp³-hybridized carbons (Fsp3) is 0.381. The van der Waals surface area contributed by atoms with Gasteiger partial charge in [-0.05, 0) is 55.0 Å². The molecule has 0 heterocycles. The van der Waals surface area contributed by atoms with Gasteiger partial charge in [-0.1, -0.05) is 45.0 Å². The number of nitrogens with two attached hydrogens (primary N) is 1. The number of nitrogen functional groups attached to an aromatic ring is 1. The number of hydrogen-bond donors (Lipinski definition) is 2. The Labute approximate surface area is 150 Å². The number of carbonyl (C=O) groups is 1. The van der Waals surface area contributed by atoms with E-state index in [0.29, 0.717) is 18.0 Å². The summed E-state index contributed by atoms with van der Waals surface area (Å²) < 4.78 is 6.08. The van der Waals surface area contributed by atoms with Gasteiger partial charge >= 0.3 is 0 Å². The lowest BCUT2D eigenvalue weighted by molar-refractivity contribution is -0.122. The summed E-state index contributed by atoms with van der Waals surface area (Å²) in [6.07, 6.45) is 1.06. The fourth-order valence-corrected chi connectivity index (χ4v) is 2.69. The summed E-state index contributed by atoms with van der Waals surface area (Å²) in [7, 11) is 0. The first-order valence-electron chi connectivity index (χ1n) is 8.89. The van der Waals surface area contributed by atoms with Crippen molar-refractivity contribution in [1.82, 2.24) is 0 Å². The quantitative estimate of drug-likeness (QED) is 0.706. The number of para-hydroxylation sites is 1. The Morgan fingerprint density at radius 3 is 2.52 bits per heavy atom. The lowest BCUT2D eigenvalue weighted by Gasteiger charge is -2.22. The Bertz CT molecular complexity index is 728. The molecule has 0 aliphatic carbocycles. The lowest BCUT2D eigenvalue weighted by atomic mass is 9.98. The van der Waals surface area contributed by atoms with Crippen molar-refractivity contribution in [3.05, 3.63) is 53.6 Å². The molecule has 0 saturated carbocycles. The topological polar surface area (TPSA) is 64.3 Å². The van der Waals surface area contributed by atoms with Crippen LogP contribution in [0.2, 0.25) is 0 Å². The molecule has 0 aromatic heterocycles. The van der Waals surface area contributed by atoms with Crippen LogP contribution in [0, 0.1) is 6.92 Å². The van der Waals surface area contributed by atoms with Crippen LogP contribution in [-0.4, -0.2) is 12.0 Å². The van der Waals surface area contributed by atoms with E-state index in [4.69, 9.17) is 10.5 Å². The number of anilines is 2. The monoisotopic (exact) mass is 340 g/mol. The summed E-state index contributed by atoms with van der Waals surface area (Å²) >= 11 is 0. The largest absolute Gasteiger partial charge is 0.480 e. The first kappa shape index (κ1) is 18.8. The number of nitrogens with one attached hydrogen (secondary N) is 1. The minimum absolute atomic E-state index is 0.157. The fourth-order valence-electron chi connectivity index (χ4n) is 2.69. The molecule has 2 rings (SSSR count). The van der Waals surface area contributed by atoms with Crippen LogP contribution in [0.25, 0.3) is 0 Å². The van der Waals surface area contributed by atoms with Gasteiger partial charge in [0, 0.05) is 11.4 Å². The molecule has 2 atom stereocenters. The molecule has 3 N–H and O–H groups in total. The van der Waals surface area contributed by atoms with E-state index in [0.717, 1.165) is 29.0 Å². The van der Waals surface area contributed by atoms with Crippen molar-refractivity contribution in [2.75, 3.05) is 11.1 Å². The van der Waals surface area contributed by atoms with Gasteiger partial charge in [-0.2, -0.15) is 0 Å².